The number of fused-ring (bicyclic) bond motifs is 1. The van der Waals surface area contributed by atoms with E-state index < -0.39 is 32.8 Å². The smallest absolute Gasteiger partial charge is 0.267 e. The predicted octanol–water partition coefficient (Wildman–Crippen LogP) is 1.06. The molecular weight excluding hydrogens is 291 g/mol. The number of carbonyl (C=O) groups excluding carboxylic acids is 2. The average Bonchev–Trinajstić information content (AvgIpc) is 2.49. The van der Waals surface area contributed by atoms with E-state index in [9.17, 15) is 31.2 Å². The Morgan fingerprint density at radius 2 is 1.42 bits per heavy atom. The van der Waals surface area contributed by atoms with Gasteiger partial charge in [-0.1, -0.05) is 12.1 Å². The summed E-state index contributed by atoms with van der Waals surface area (Å²) in [7, 11) is -5.57. The van der Waals surface area contributed by atoms with Crippen molar-refractivity contribution >= 4 is 22.1 Å². The number of halogens is 3. The molecule has 0 N–H and O–H groups in total. The van der Waals surface area contributed by atoms with Crippen LogP contribution in [0.5, 0.6) is 0 Å². The lowest BCUT2D eigenvalue weighted by molar-refractivity contribution is -0.273. The van der Waals surface area contributed by atoms with Gasteiger partial charge in [0.2, 0.25) is 0 Å². The van der Waals surface area contributed by atoms with E-state index in [-0.39, 0.29) is 11.1 Å². The monoisotopic (exact) mass is 295 g/mol. The van der Waals surface area contributed by atoms with Crippen LogP contribution in [0.25, 0.3) is 0 Å². The molecule has 0 aromatic heterocycles. The molecule has 1 aromatic rings. The van der Waals surface area contributed by atoms with E-state index in [2.05, 4.69) is 4.18 Å². The maximum atomic E-state index is 11.9. The van der Waals surface area contributed by atoms with Crippen LogP contribution in [0.4, 0.5) is 13.2 Å². The van der Waals surface area contributed by atoms with E-state index in [1.54, 1.807) is 0 Å². The first kappa shape index (κ1) is 13.5. The second-order valence-electron chi connectivity index (χ2n) is 3.41. The van der Waals surface area contributed by atoms with Gasteiger partial charge in [-0.05, 0) is 12.1 Å². The second kappa shape index (κ2) is 4.03. The van der Waals surface area contributed by atoms with Crippen molar-refractivity contribution < 1.29 is 35.4 Å². The Bertz CT molecular complexity index is 632. The van der Waals surface area contributed by atoms with E-state index >= 15 is 0 Å². The highest BCUT2D eigenvalue weighted by atomic mass is 32.2. The lowest BCUT2D eigenvalue weighted by Crippen LogP contribution is -2.40. The molecule has 0 unspecified atom stereocenters. The number of nitrogens with zero attached hydrogens (tertiary/aromatic N) is 1. The number of alkyl halides is 3. The molecule has 0 saturated heterocycles. The van der Waals surface area contributed by atoms with Crippen molar-refractivity contribution in [2.75, 3.05) is 0 Å². The fraction of sp³-hybridized carbons (Fsp3) is 0.111. The number of benzene rings is 1. The van der Waals surface area contributed by atoms with Gasteiger partial charge in [-0.2, -0.15) is 12.6 Å². The van der Waals surface area contributed by atoms with Crippen molar-refractivity contribution in [1.82, 2.24) is 4.31 Å². The molecule has 10 heteroatoms. The Balaban J connectivity index is 2.45. The first-order valence-electron chi connectivity index (χ1n) is 4.64. The quantitative estimate of drug-likeness (QED) is 0.762. The number of rotatable bonds is 2. The summed E-state index contributed by atoms with van der Waals surface area (Å²) in [5.41, 5.74) is -0.608. The minimum absolute atomic E-state index is 0.304. The van der Waals surface area contributed by atoms with Gasteiger partial charge < -0.3 is 0 Å². The fourth-order valence-corrected chi connectivity index (χ4v) is 2.44. The van der Waals surface area contributed by atoms with Crippen molar-refractivity contribution in [1.29, 1.82) is 0 Å². The molecule has 1 aliphatic heterocycles. The van der Waals surface area contributed by atoms with Gasteiger partial charge in [0, 0.05) is 0 Å². The minimum atomic E-state index is -5.57. The van der Waals surface area contributed by atoms with Gasteiger partial charge in [0.25, 0.3) is 11.8 Å². The van der Waals surface area contributed by atoms with Gasteiger partial charge in [0.1, 0.15) is 0 Å². The van der Waals surface area contributed by atoms with E-state index in [0.717, 1.165) is 12.1 Å². The number of imide groups is 1. The zero-order valence-corrected chi connectivity index (χ0v) is 9.66. The van der Waals surface area contributed by atoms with Crippen molar-refractivity contribution in [2.24, 2.45) is 0 Å². The van der Waals surface area contributed by atoms with Crippen molar-refractivity contribution in [3.05, 3.63) is 35.4 Å². The molecule has 0 aliphatic carbocycles. The molecule has 0 saturated carbocycles. The van der Waals surface area contributed by atoms with Crippen LogP contribution in [0.3, 0.4) is 0 Å². The van der Waals surface area contributed by atoms with Gasteiger partial charge in [-0.25, -0.2) is 0 Å². The molecular formula is C9H4F3NO5S. The van der Waals surface area contributed by atoms with Crippen molar-refractivity contribution in [2.45, 2.75) is 6.36 Å². The molecule has 0 spiro atoms. The number of hydrogen-bond acceptors (Lipinski definition) is 5. The molecule has 1 heterocycles. The zero-order valence-electron chi connectivity index (χ0n) is 8.84. The summed E-state index contributed by atoms with van der Waals surface area (Å²) in [6.07, 6.45) is -5.53. The van der Waals surface area contributed by atoms with Crippen LogP contribution in [0.15, 0.2) is 24.3 Å². The summed E-state index contributed by atoms with van der Waals surface area (Å²) >= 11 is 0. The Labute approximate surface area is 104 Å². The summed E-state index contributed by atoms with van der Waals surface area (Å²) in [5.74, 6) is -2.77. The van der Waals surface area contributed by atoms with Crippen LogP contribution in [0.1, 0.15) is 20.7 Å². The molecule has 0 atom stereocenters. The third-order valence-electron chi connectivity index (χ3n) is 2.18. The Morgan fingerprint density at radius 1 is 1.00 bits per heavy atom. The van der Waals surface area contributed by atoms with Crippen LogP contribution in [-0.4, -0.2) is 30.9 Å². The van der Waals surface area contributed by atoms with Crippen LogP contribution < -0.4 is 0 Å². The summed E-state index contributed by atoms with van der Waals surface area (Å²) in [6.45, 7) is 0. The number of hydrogen-bond donors (Lipinski definition) is 0. The molecule has 2 rings (SSSR count). The average molecular weight is 295 g/mol. The first-order chi connectivity index (χ1) is 8.63. The minimum Gasteiger partial charge on any atom is -0.267 e. The summed E-state index contributed by atoms with van der Waals surface area (Å²) in [5, 5.41) is 0. The lowest BCUT2D eigenvalue weighted by atomic mass is 10.1. The van der Waals surface area contributed by atoms with Crippen LogP contribution in [0, 0.1) is 0 Å². The number of amides is 2. The van der Waals surface area contributed by atoms with E-state index in [1.807, 2.05) is 0 Å². The molecule has 6 nitrogen and oxygen atoms in total. The molecule has 2 amide bonds. The van der Waals surface area contributed by atoms with Crippen LogP contribution in [-0.2, 0) is 14.5 Å². The maximum Gasteiger partial charge on any atom is 0.538 e. The molecule has 19 heavy (non-hydrogen) atoms. The molecule has 0 bridgehead atoms. The molecule has 0 radical (unpaired) electrons. The SMILES string of the molecule is O=C1c2ccccc2C(=O)N1S(=O)(=O)OC(F)(F)F. The topological polar surface area (TPSA) is 80.8 Å². The van der Waals surface area contributed by atoms with Gasteiger partial charge in [-0.3, -0.25) is 9.59 Å². The fourth-order valence-electron chi connectivity index (χ4n) is 1.53. The molecule has 1 aliphatic rings. The Morgan fingerprint density at radius 3 is 1.79 bits per heavy atom. The Kier molecular flexibility index (Phi) is 2.86. The predicted molar refractivity (Wildman–Crippen MR) is 53.0 cm³/mol. The van der Waals surface area contributed by atoms with E-state index in [4.69, 9.17) is 0 Å². The summed E-state index contributed by atoms with van der Waals surface area (Å²) in [6, 6.07) is 4.92. The summed E-state index contributed by atoms with van der Waals surface area (Å²) < 4.78 is 60.7. The molecule has 1 aromatic carbocycles. The summed E-state index contributed by atoms with van der Waals surface area (Å²) in [4.78, 5) is 23.2. The zero-order chi connectivity index (χ0) is 14.4. The Hall–Kier alpha value is -1.94. The van der Waals surface area contributed by atoms with Gasteiger partial charge in [-0.15, -0.1) is 17.5 Å². The van der Waals surface area contributed by atoms with Crippen molar-refractivity contribution in [3.63, 3.8) is 0 Å². The second-order valence-corrected chi connectivity index (χ2v) is 4.79. The lowest BCUT2D eigenvalue weighted by Gasteiger charge is -2.14. The highest BCUT2D eigenvalue weighted by Crippen LogP contribution is 2.29. The van der Waals surface area contributed by atoms with Gasteiger partial charge in [0.15, 0.2) is 0 Å². The molecule has 0 fully saturated rings. The van der Waals surface area contributed by atoms with Crippen LogP contribution in [0.2, 0.25) is 0 Å². The molecule has 102 valence electrons. The van der Waals surface area contributed by atoms with Crippen LogP contribution >= 0.6 is 0 Å². The first-order valence-corrected chi connectivity index (χ1v) is 6.00. The van der Waals surface area contributed by atoms with E-state index in [1.165, 1.54) is 12.1 Å². The maximum absolute atomic E-state index is 11.9. The normalized spacial score (nSPS) is 15.8. The highest BCUT2D eigenvalue weighted by Gasteiger charge is 2.49. The highest BCUT2D eigenvalue weighted by molar-refractivity contribution is 7.85. The third kappa shape index (κ3) is 2.31. The van der Waals surface area contributed by atoms with Crippen molar-refractivity contribution in [3.8, 4) is 0 Å². The number of carbonyl (C=O) groups is 2. The van der Waals surface area contributed by atoms with E-state index in [0.29, 0.717) is 0 Å². The standard InChI is InChI=1S/C9H4F3NO5S/c10-9(11,12)18-19(16,17)13-7(14)5-3-1-2-4-6(5)8(13)15/h1-4H. The largest absolute Gasteiger partial charge is 0.538 e. The van der Waals surface area contributed by atoms with Gasteiger partial charge in [0.05, 0.1) is 11.1 Å². The third-order valence-corrected chi connectivity index (χ3v) is 3.36. The van der Waals surface area contributed by atoms with Gasteiger partial charge >= 0.3 is 16.7 Å².